The van der Waals surface area contributed by atoms with Crippen molar-refractivity contribution in [1.29, 1.82) is 0 Å². The van der Waals surface area contributed by atoms with Gasteiger partial charge in [-0.15, -0.1) is 0 Å². The average molecular weight is 321 g/mol. The van der Waals surface area contributed by atoms with Crippen LogP contribution >= 0.6 is 0 Å². The first-order chi connectivity index (χ1) is 11.8. The molecule has 0 radical (unpaired) electrons. The van der Waals surface area contributed by atoms with Gasteiger partial charge in [0.05, 0.1) is 0 Å². The van der Waals surface area contributed by atoms with Crippen molar-refractivity contribution in [3.63, 3.8) is 0 Å². The van der Waals surface area contributed by atoms with Crippen LogP contribution < -0.4 is 9.47 Å². The van der Waals surface area contributed by atoms with E-state index >= 15 is 0 Å². The molecular weight excluding hydrogens is 302 g/mol. The summed E-state index contributed by atoms with van der Waals surface area (Å²) in [5.41, 5.74) is 2.25. The molecular formula is C20H19NO3. The first-order valence-corrected chi connectivity index (χ1v) is 8.21. The van der Waals surface area contributed by atoms with E-state index < -0.39 is 0 Å². The third kappa shape index (κ3) is 3.00. The maximum Gasteiger partial charge on any atom is 0.246 e. The maximum absolute atomic E-state index is 12.4. The monoisotopic (exact) mass is 321 g/mol. The van der Waals surface area contributed by atoms with Gasteiger partial charge in [0.15, 0.2) is 11.5 Å². The van der Waals surface area contributed by atoms with Crippen LogP contribution in [-0.4, -0.2) is 30.7 Å². The van der Waals surface area contributed by atoms with E-state index in [0.29, 0.717) is 12.7 Å². The van der Waals surface area contributed by atoms with E-state index in [9.17, 15) is 4.79 Å². The Morgan fingerprint density at radius 2 is 1.92 bits per heavy atom. The van der Waals surface area contributed by atoms with Crippen molar-refractivity contribution < 1.29 is 14.3 Å². The second-order valence-corrected chi connectivity index (χ2v) is 6.13. The third-order valence-electron chi connectivity index (χ3n) is 4.59. The lowest BCUT2D eigenvalue weighted by Gasteiger charge is -2.15. The molecule has 2 aliphatic heterocycles. The summed E-state index contributed by atoms with van der Waals surface area (Å²) in [6.45, 7) is 1.83. The predicted octanol–water partition coefficient (Wildman–Crippen LogP) is 3.44. The summed E-state index contributed by atoms with van der Waals surface area (Å²) in [7, 11) is 0. The Balaban J connectivity index is 1.41. The van der Waals surface area contributed by atoms with Gasteiger partial charge in [0.1, 0.15) is 0 Å². The fourth-order valence-corrected chi connectivity index (χ4v) is 3.24. The summed E-state index contributed by atoms with van der Waals surface area (Å²) >= 11 is 0. The number of hydrogen-bond donors (Lipinski definition) is 0. The molecule has 0 spiro atoms. The number of amides is 1. The Hall–Kier alpha value is -2.75. The molecule has 0 bridgehead atoms. The molecule has 24 heavy (non-hydrogen) atoms. The minimum absolute atomic E-state index is 0.0714. The topological polar surface area (TPSA) is 38.8 Å². The summed E-state index contributed by atoms with van der Waals surface area (Å²) in [6, 6.07) is 16.0. The van der Waals surface area contributed by atoms with Crippen LogP contribution in [0.25, 0.3) is 6.08 Å². The van der Waals surface area contributed by atoms with Crippen LogP contribution in [-0.2, 0) is 4.79 Å². The number of carbonyl (C=O) groups is 1. The van der Waals surface area contributed by atoms with Crippen molar-refractivity contribution in [1.82, 2.24) is 4.90 Å². The Morgan fingerprint density at radius 3 is 2.79 bits per heavy atom. The van der Waals surface area contributed by atoms with Gasteiger partial charge in [0, 0.05) is 25.1 Å². The van der Waals surface area contributed by atoms with Crippen LogP contribution in [0.4, 0.5) is 0 Å². The van der Waals surface area contributed by atoms with Crippen molar-refractivity contribution in [2.75, 3.05) is 19.9 Å². The smallest absolute Gasteiger partial charge is 0.246 e. The SMILES string of the molecule is O=C(/C=C/c1ccccc1)N1CCC(c2ccc3c(c2)OCO3)C1. The number of fused-ring (bicyclic) bond motifs is 1. The Morgan fingerprint density at radius 1 is 1.08 bits per heavy atom. The number of nitrogens with zero attached hydrogens (tertiary/aromatic N) is 1. The largest absolute Gasteiger partial charge is 0.454 e. The first kappa shape index (κ1) is 14.8. The second-order valence-electron chi connectivity index (χ2n) is 6.13. The van der Waals surface area contributed by atoms with Gasteiger partial charge >= 0.3 is 0 Å². The van der Waals surface area contributed by atoms with Gasteiger partial charge in [0.2, 0.25) is 12.7 Å². The van der Waals surface area contributed by atoms with Gasteiger partial charge in [-0.1, -0.05) is 36.4 Å². The molecule has 2 aromatic rings. The summed E-state index contributed by atoms with van der Waals surface area (Å²) in [5.74, 6) is 2.03. The maximum atomic E-state index is 12.4. The van der Waals surface area contributed by atoms with Gasteiger partial charge < -0.3 is 14.4 Å². The van der Waals surface area contributed by atoms with E-state index in [1.807, 2.05) is 53.4 Å². The molecule has 0 aliphatic carbocycles. The Kier molecular flexibility index (Phi) is 3.95. The normalized spacial score (nSPS) is 19.2. The Labute approximate surface area is 141 Å². The Bertz CT molecular complexity index is 770. The lowest BCUT2D eigenvalue weighted by atomic mass is 9.98. The first-order valence-electron chi connectivity index (χ1n) is 8.21. The number of carbonyl (C=O) groups excluding carboxylic acids is 1. The summed E-state index contributed by atoms with van der Waals surface area (Å²) < 4.78 is 10.8. The summed E-state index contributed by atoms with van der Waals surface area (Å²) in [6.07, 6.45) is 4.51. The highest BCUT2D eigenvalue weighted by Crippen LogP contribution is 2.37. The van der Waals surface area contributed by atoms with E-state index in [1.54, 1.807) is 6.08 Å². The van der Waals surface area contributed by atoms with Gasteiger partial charge in [-0.3, -0.25) is 4.79 Å². The average Bonchev–Trinajstić information content (AvgIpc) is 3.29. The van der Waals surface area contributed by atoms with Gasteiger partial charge in [-0.05, 0) is 35.8 Å². The van der Waals surface area contributed by atoms with Crippen LogP contribution in [0.15, 0.2) is 54.6 Å². The third-order valence-corrected chi connectivity index (χ3v) is 4.59. The number of rotatable bonds is 3. The van der Waals surface area contributed by atoms with Gasteiger partial charge in [-0.25, -0.2) is 0 Å². The molecule has 1 atom stereocenters. The van der Waals surface area contributed by atoms with Crippen molar-refractivity contribution in [3.8, 4) is 11.5 Å². The highest BCUT2D eigenvalue weighted by molar-refractivity contribution is 5.92. The number of ether oxygens (including phenoxy) is 2. The molecule has 2 aliphatic rings. The van der Waals surface area contributed by atoms with E-state index in [0.717, 1.165) is 36.6 Å². The molecule has 1 fully saturated rings. The summed E-state index contributed by atoms with van der Waals surface area (Å²) in [4.78, 5) is 14.3. The molecule has 0 saturated carbocycles. The standard InChI is InChI=1S/C20H19NO3/c22-20(9-6-15-4-2-1-3-5-15)21-11-10-17(13-21)16-7-8-18-19(12-16)24-14-23-18/h1-9,12,17H,10-11,13-14H2/b9-6+. The zero-order valence-electron chi connectivity index (χ0n) is 13.4. The number of hydrogen-bond acceptors (Lipinski definition) is 3. The van der Waals surface area contributed by atoms with E-state index in [2.05, 4.69) is 6.07 Å². The second kappa shape index (κ2) is 6.40. The molecule has 2 heterocycles. The predicted molar refractivity (Wildman–Crippen MR) is 92.0 cm³/mol. The zero-order chi connectivity index (χ0) is 16.4. The lowest BCUT2D eigenvalue weighted by Crippen LogP contribution is -2.26. The molecule has 2 aromatic carbocycles. The highest BCUT2D eigenvalue weighted by atomic mass is 16.7. The van der Waals surface area contributed by atoms with Crippen molar-refractivity contribution in [2.24, 2.45) is 0 Å². The van der Waals surface area contributed by atoms with Crippen LogP contribution in [0.2, 0.25) is 0 Å². The van der Waals surface area contributed by atoms with Gasteiger partial charge in [0.25, 0.3) is 0 Å². The van der Waals surface area contributed by atoms with Crippen LogP contribution in [0, 0.1) is 0 Å². The van der Waals surface area contributed by atoms with E-state index in [4.69, 9.17) is 9.47 Å². The molecule has 1 unspecified atom stereocenters. The minimum atomic E-state index is 0.0714. The van der Waals surface area contributed by atoms with Crippen LogP contribution in [0.5, 0.6) is 11.5 Å². The van der Waals surface area contributed by atoms with E-state index in [1.165, 1.54) is 5.56 Å². The van der Waals surface area contributed by atoms with Crippen molar-refractivity contribution >= 4 is 12.0 Å². The minimum Gasteiger partial charge on any atom is -0.454 e. The molecule has 122 valence electrons. The fourth-order valence-electron chi connectivity index (χ4n) is 3.24. The van der Waals surface area contributed by atoms with Crippen LogP contribution in [0.1, 0.15) is 23.5 Å². The molecule has 4 heteroatoms. The fraction of sp³-hybridized carbons (Fsp3) is 0.250. The summed E-state index contributed by atoms with van der Waals surface area (Å²) in [5, 5.41) is 0. The lowest BCUT2D eigenvalue weighted by molar-refractivity contribution is -0.124. The zero-order valence-corrected chi connectivity index (χ0v) is 13.4. The molecule has 1 amide bonds. The molecule has 4 nitrogen and oxygen atoms in total. The molecule has 0 N–H and O–H groups in total. The highest BCUT2D eigenvalue weighted by Gasteiger charge is 2.27. The van der Waals surface area contributed by atoms with Crippen molar-refractivity contribution in [2.45, 2.75) is 12.3 Å². The molecule has 4 rings (SSSR count). The van der Waals surface area contributed by atoms with Crippen LogP contribution in [0.3, 0.4) is 0 Å². The molecule has 0 aromatic heterocycles. The molecule has 1 saturated heterocycles. The number of benzene rings is 2. The van der Waals surface area contributed by atoms with Crippen molar-refractivity contribution in [3.05, 3.63) is 65.7 Å². The van der Waals surface area contributed by atoms with E-state index in [-0.39, 0.29) is 5.91 Å². The van der Waals surface area contributed by atoms with Gasteiger partial charge in [-0.2, -0.15) is 0 Å². The quantitative estimate of drug-likeness (QED) is 0.813. The number of likely N-dealkylation sites (tertiary alicyclic amines) is 1.